The number of carboxylic acids is 1. The summed E-state index contributed by atoms with van der Waals surface area (Å²) in [6.07, 6.45) is 1.89. The molecule has 9 nitrogen and oxygen atoms in total. The number of halogens is 1. The molecule has 2 atom stereocenters. The van der Waals surface area contributed by atoms with Gasteiger partial charge in [-0.2, -0.15) is 0 Å². The Balaban J connectivity index is 1.89. The molecule has 2 N–H and O–H groups in total. The van der Waals surface area contributed by atoms with Crippen LogP contribution in [0.1, 0.15) is 43.8 Å². The summed E-state index contributed by atoms with van der Waals surface area (Å²) in [5, 5.41) is 11.0. The van der Waals surface area contributed by atoms with E-state index in [4.69, 9.17) is 11.6 Å². The maximum Gasteiger partial charge on any atom is 0.335 e. The quantitative estimate of drug-likeness (QED) is 0.357. The third-order valence-electron chi connectivity index (χ3n) is 6.02. The molecule has 0 aliphatic heterocycles. The van der Waals surface area contributed by atoms with Crippen molar-refractivity contribution in [3.8, 4) is 0 Å². The average Bonchev–Trinajstić information content (AvgIpc) is 3.24. The van der Waals surface area contributed by atoms with Gasteiger partial charge in [0.2, 0.25) is 5.62 Å². The van der Waals surface area contributed by atoms with E-state index in [0.29, 0.717) is 10.7 Å². The van der Waals surface area contributed by atoms with E-state index in [1.165, 1.54) is 18.4 Å². The Morgan fingerprint density at radius 2 is 1.92 bits per heavy atom. The number of fused-ring (bicyclic) bond motifs is 1. The number of benzene rings is 2. The number of nitrogens with zero attached hydrogens (tertiary/aromatic N) is 4. The summed E-state index contributed by atoms with van der Waals surface area (Å²) in [5.41, 5.74) is 0.866. The molecule has 4 aromatic rings. The van der Waals surface area contributed by atoms with Crippen molar-refractivity contribution in [3.05, 3.63) is 84.6 Å². The lowest BCUT2D eigenvalue weighted by Gasteiger charge is -2.19. The molecule has 0 saturated heterocycles. The van der Waals surface area contributed by atoms with Crippen LogP contribution in [0.15, 0.2) is 57.0 Å². The molecular formula is C25H26ClN5O4S. The fourth-order valence-corrected chi connectivity index (χ4v) is 5.02. The fraction of sp³-hybridized carbons (Fsp3) is 0.320. The maximum atomic E-state index is 13.5. The van der Waals surface area contributed by atoms with Crippen molar-refractivity contribution in [2.75, 3.05) is 0 Å². The monoisotopic (exact) mass is 527 g/mol. The minimum absolute atomic E-state index is 0.0593. The zero-order valence-corrected chi connectivity index (χ0v) is 21.6. The minimum Gasteiger partial charge on any atom is -0.481 e. The van der Waals surface area contributed by atoms with Crippen molar-refractivity contribution < 1.29 is 9.90 Å². The third-order valence-corrected chi connectivity index (χ3v) is 7.35. The van der Waals surface area contributed by atoms with Gasteiger partial charge < -0.3 is 5.11 Å². The van der Waals surface area contributed by atoms with Gasteiger partial charge in [0.05, 0.1) is 39.4 Å². The summed E-state index contributed by atoms with van der Waals surface area (Å²) in [4.78, 5) is 50.0. The first-order valence-electron chi connectivity index (χ1n) is 11.5. The van der Waals surface area contributed by atoms with Crippen LogP contribution in [0.25, 0.3) is 10.2 Å². The summed E-state index contributed by atoms with van der Waals surface area (Å²) in [6, 6.07) is 11.6. The smallest absolute Gasteiger partial charge is 0.335 e. The van der Waals surface area contributed by atoms with Crippen LogP contribution in [0.2, 0.25) is 5.02 Å². The maximum absolute atomic E-state index is 13.5. The highest BCUT2D eigenvalue weighted by atomic mass is 35.5. The lowest BCUT2D eigenvalue weighted by Crippen LogP contribution is -2.52. The van der Waals surface area contributed by atoms with Crippen molar-refractivity contribution in [3.63, 3.8) is 0 Å². The van der Waals surface area contributed by atoms with E-state index in [-0.39, 0.29) is 12.2 Å². The van der Waals surface area contributed by atoms with Crippen molar-refractivity contribution in [2.24, 2.45) is 10.9 Å². The zero-order chi connectivity index (χ0) is 26.0. The number of hydrogen-bond donors (Lipinski definition) is 2. The number of carbonyl (C=O) groups is 1. The molecule has 36 heavy (non-hydrogen) atoms. The van der Waals surface area contributed by atoms with E-state index in [2.05, 4.69) is 21.9 Å². The molecule has 4 rings (SSSR count). The molecule has 0 amide bonds. The van der Waals surface area contributed by atoms with E-state index in [1.807, 2.05) is 12.1 Å². The number of aryl methyl sites for hydroxylation is 1. The van der Waals surface area contributed by atoms with E-state index >= 15 is 0 Å². The predicted octanol–water partition coefficient (Wildman–Crippen LogP) is 4.12. The molecule has 2 heterocycles. The molecule has 0 saturated carbocycles. The van der Waals surface area contributed by atoms with Crippen LogP contribution in [0.4, 0.5) is 5.69 Å². The Hall–Kier alpha value is -3.50. The Kier molecular flexibility index (Phi) is 7.56. The van der Waals surface area contributed by atoms with Gasteiger partial charge >= 0.3 is 17.3 Å². The molecular weight excluding hydrogens is 502 g/mol. The van der Waals surface area contributed by atoms with Gasteiger partial charge in [0, 0.05) is 5.02 Å². The molecule has 188 valence electrons. The van der Waals surface area contributed by atoms with Crippen LogP contribution in [-0.4, -0.2) is 30.2 Å². The van der Waals surface area contributed by atoms with E-state index in [1.54, 1.807) is 41.7 Å². The van der Waals surface area contributed by atoms with Crippen LogP contribution in [0, 0.1) is 5.92 Å². The summed E-state index contributed by atoms with van der Waals surface area (Å²) < 4.78 is 3.22. The number of nitrogens with one attached hydrogen (secondary N) is 1. The first-order chi connectivity index (χ1) is 17.2. The van der Waals surface area contributed by atoms with Gasteiger partial charge in [0.25, 0.3) is 0 Å². The summed E-state index contributed by atoms with van der Waals surface area (Å²) in [7, 11) is 0. The van der Waals surface area contributed by atoms with Gasteiger partial charge in [-0.15, -0.1) is 11.3 Å². The number of rotatable bonds is 8. The second kappa shape index (κ2) is 10.6. The lowest BCUT2D eigenvalue weighted by molar-refractivity contribution is -0.142. The van der Waals surface area contributed by atoms with Crippen molar-refractivity contribution in [1.82, 2.24) is 19.1 Å². The second-order valence-electron chi connectivity index (χ2n) is 8.61. The van der Waals surface area contributed by atoms with Crippen LogP contribution < -0.4 is 17.0 Å². The number of H-pyrrole nitrogens is 1. The highest BCUT2D eigenvalue weighted by molar-refractivity contribution is 7.18. The third kappa shape index (κ3) is 5.34. The molecule has 0 unspecified atom stereocenters. The minimum atomic E-state index is -1.10. The summed E-state index contributed by atoms with van der Waals surface area (Å²) in [5.74, 6) is -2.06. The largest absolute Gasteiger partial charge is 0.481 e. The molecule has 2 aromatic carbocycles. The molecule has 0 aliphatic carbocycles. The molecule has 2 aromatic heterocycles. The normalized spacial score (nSPS) is 13.7. The Morgan fingerprint density at radius 1 is 1.19 bits per heavy atom. The van der Waals surface area contributed by atoms with Crippen molar-refractivity contribution in [2.45, 2.75) is 46.2 Å². The van der Waals surface area contributed by atoms with Gasteiger partial charge in [-0.25, -0.2) is 24.1 Å². The Labute approximate surface area is 215 Å². The van der Waals surface area contributed by atoms with Gasteiger partial charge in [0.1, 0.15) is 0 Å². The first kappa shape index (κ1) is 25.6. The number of aromatic amines is 1. The highest BCUT2D eigenvalue weighted by Gasteiger charge is 2.25. The number of hydrogen-bond acceptors (Lipinski definition) is 6. The van der Waals surface area contributed by atoms with Crippen LogP contribution in [0.3, 0.4) is 0 Å². The summed E-state index contributed by atoms with van der Waals surface area (Å²) in [6.45, 7) is 5.19. The Morgan fingerprint density at radius 3 is 2.58 bits per heavy atom. The lowest BCUT2D eigenvalue weighted by atomic mass is 10.0. The van der Waals surface area contributed by atoms with Gasteiger partial charge in [-0.05, 0) is 62.6 Å². The molecule has 0 fully saturated rings. The van der Waals surface area contributed by atoms with Gasteiger partial charge in [-0.1, -0.05) is 30.7 Å². The molecule has 0 aliphatic rings. The van der Waals surface area contributed by atoms with Crippen molar-refractivity contribution >= 4 is 44.8 Å². The van der Waals surface area contributed by atoms with Crippen LogP contribution >= 0.6 is 22.9 Å². The SMILES string of the molecule is CCCc1nc2ccc(/N=c3\[nH]c(=O)n([C@@H](C)[C@@H](C)C(=O)O)c(=O)n3Cc3ccc(Cl)cc3)cc2s1. The first-order valence-corrected chi connectivity index (χ1v) is 12.7. The van der Waals surface area contributed by atoms with E-state index in [0.717, 1.165) is 38.2 Å². The topological polar surface area (TPSA) is 122 Å². The molecule has 0 spiro atoms. The highest BCUT2D eigenvalue weighted by Crippen LogP contribution is 2.27. The summed E-state index contributed by atoms with van der Waals surface area (Å²) >= 11 is 7.60. The van der Waals surface area contributed by atoms with Crippen molar-refractivity contribution in [1.29, 1.82) is 0 Å². The Bertz CT molecular complexity index is 1600. The predicted molar refractivity (Wildman–Crippen MR) is 140 cm³/mol. The average molecular weight is 528 g/mol. The molecule has 0 bridgehead atoms. The number of carboxylic acid groups (broad SMARTS) is 1. The van der Waals surface area contributed by atoms with E-state index in [9.17, 15) is 19.5 Å². The zero-order valence-electron chi connectivity index (χ0n) is 20.1. The second-order valence-corrected chi connectivity index (χ2v) is 10.2. The standard InChI is InChI=1S/C25H26ClN5O4S/c1-4-5-21-28-19-11-10-18(12-20(19)36-21)27-23-29-24(34)31(15(3)14(2)22(32)33)25(35)30(23)13-16-6-8-17(26)9-7-16/h6-12,14-15H,4-5,13H2,1-3H3,(H,32,33)(H,27,29,34)/t14-,15+/m1/s1. The van der Waals surface area contributed by atoms with Crippen LogP contribution in [-0.2, 0) is 17.8 Å². The van der Waals surface area contributed by atoms with Gasteiger partial charge in [-0.3, -0.25) is 14.3 Å². The molecule has 11 heteroatoms. The molecule has 0 radical (unpaired) electrons. The van der Waals surface area contributed by atoms with Gasteiger partial charge in [0.15, 0.2) is 0 Å². The number of aliphatic carboxylic acids is 1. The number of aromatic nitrogens is 4. The van der Waals surface area contributed by atoms with Crippen LogP contribution in [0.5, 0.6) is 0 Å². The van der Waals surface area contributed by atoms with E-state index < -0.39 is 29.3 Å². The fourth-order valence-electron chi connectivity index (χ4n) is 3.80. The number of thiazole rings is 1.